The molecule has 0 aliphatic rings. The van der Waals surface area contributed by atoms with Gasteiger partial charge in [0, 0.05) is 6.42 Å². The Bertz CT molecular complexity index is 714. The minimum atomic E-state index is -1.68. The summed E-state index contributed by atoms with van der Waals surface area (Å²) in [4.78, 5) is 0. The van der Waals surface area contributed by atoms with Crippen molar-refractivity contribution < 1.29 is 24.0 Å². The van der Waals surface area contributed by atoms with E-state index in [9.17, 15) is 0 Å². The predicted octanol–water partition coefficient (Wildman–Crippen LogP) is 2.12. The van der Waals surface area contributed by atoms with E-state index in [0.717, 1.165) is 12.6 Å². The van der Waals surface area contributed by atoms with E-state index in [2.05, 4.69) is 110 Å². The van der Waals surface area contributed by atoms with Crippen molar-refractivity contribution in [3.63, 3.8) is 0 Å². The van der Waals surface area contributed by atoms with Gasteiger partial charge in [-0.25, -0.2) is 0 Å². The van der Waals surface area contributed by atoms with Crippen molar-refractivity contribution in [1.82, 2.24) is 0 Å². The SMILES string of the molecule is C=C/C=C\CC[P+](c1ccccc1)(c1ccccc1)c1ccccc1.[I-]. The molecule has 0 radical (unpaired) electrons. The Morgan fingerprint density at radius 1 is 0.654 bits per heavy atom. The maximum atomic E-state index is 3.79. The third-order valence-corrected chi connectivity index (χ3v) is 8.96. The zero-order valence-electron chi connectivity index (χ0n) is 14.8. The molecule has 0 aliphatic carbocycles. The average molecular weight is 470 g/mol. The molecule has 26 heavy (non-hydrogen) atoms. The lowest BCUT2D eigenvalue weighted by molar-refractivity contribution is -0.00000484. The maximum Gasteiger partial charge on any atom is 0.112 e. The van der Waals surface area contributed by atoms with Crippen molar-refractivity contribution in [2.45, 2.75) is 6.42 Å². The van der Waals surface area contributed by atoms with Gasteiger partial charge in [0.15, 0.2) is 0 Å². The van der Waals surface area contributed by atoms with Crippen molar-refractivity contribution in [2.24, 2.45) is 0 Å². The van der Waals surface area contributed by atoms with Crippen molar-refractivity contribution in [1.29, 1.82) is 0 Å². The molecule has 0 aromatic heterocycles. The molecule has 0 aliphatic heterocycles. The lowest BCUT2D eigenvalue weighted by Gasteiger charge is -2.27. The molecule has 0 unspecified atom stereocenters. The summed E-state index contributed by atoms with van der Waals surface area (Å²) in [5.41, 5.74) is 0. The lowest BCUT2D eigenvalue weighted by Crippen LogP contribution is -3.00. The van der Waals surface area contributed by atoms with E-state index < -0.39 is 7.26 Å². The molecule has 0 N–H and O–H groups in total. The van der Waals surface area contributed by atoms with Crippen LogP contribution in [0.5, 0.6) is 0 Å². The highest BCUT2D eigenvalue weighted by atomic mass is 127. The van der Waals surface area contributed by atoms with Gasteiger partial charge in [0.1, 0.15) is 23.2 Å². The molecule has 0 nitrogen and oxygen atoms in total. The fourth-order valence-corrected chi connectivity index (χ4v) is 7.59. The standard InChI is InChI=1S/C24H24P.HI/c1-2-3-4-14-21-25(22-15-8-5-9-16-22,23-17-10-6-11-18-23)24-19-12-7-13-20-24;/h2-13,15-20H,1,14,21H2;1H/q+1;/p-1/b4-3-;. The number of rotatable bonds is 7. The van der Waals surface area contributed by atoms with Gasteiger partial charge in [0.2, 0.25) is 0 Å². The average Bonchev–Trinajstić information content (AvgIpc) is 2.70. The molecule has 0 spiro atoms. The van der Waals surface area contributed by atoms with E-state index in [0.29, 0.717) is 0 Å². The molecule has 3 aromatic carbocycles. The molecule has 132 valence electrons. The van der Waals surface area contributed by atoms with Crippen LogP contribution in [0, 0.1) is 0 Å². The highest BCUT2D eigenvalue weighted by molar-refractivity contribution is 7.95. The van der Waals surface area contributed by atoms with Crippen LogP contribution in [0.3, 0.4) is 0 Å². The molecule has 2 heteroatoms. The summed E-state index contributed by atoms with van der Waals surface area (Å²) in [6.45, 7) is 3.79. The molecular weight excluding hydrogens is 446 g/mol. The molecule has 0 saturated heterocycles. The number of benzene rings is 3. The normalized spacial score (nSPS) is 11.1. The Morgan fingerprint density at radius 3 is 1.38 bits per heavy atom. The Labute approximate surface area is 175 Å². The zero-order valence-corrected chi connectivity index (χ0v) is 17.9. The summed E-state index contributed by atoms with van der Waals surface area (Å²) < 4.78 is 0. The van der Waals surface area contributed by atoms with Gasteiger partial charge < -0.3 is 24.0 Å². The quantitative estimate of drug-likeness (QED) is 0.282. The Kier molecular flexibility index (Phi) is 8.28. The smallest absolute Gasteiger partial charge is 0.112 e. The second kappa shape index (κ2) is 10.4. The van der Waals surface area contributed by atoms with Crippen molar-refractivity contribution in [2.75, 3.05) is 6.16 Å². The monoisotopic (exact) mass is 470 g/mol. The van der Waals surface area contributed by atoms with Crippen LogP contribution in [0.4, 0.5) is 0 Å². The molecule has 0 fully saturated rings. The van der Waals surface area contributed by atoms with Crippen LogP contribution in [-0.2, 0) is 0 Å². The van der Waals surface area contributed by atoms with Crippen LogP contribution >= 0.6 is 7.26 Å². The molecule has 3 rings (SSSR count). The first-order chi connectivity index (χ1) is 12.4. The van der Waals surface area contributed by atoms with Crippen molar-refractivity contribution in [3.8, 4) is 0 Å². The molecule has 3 aromatic rings. The number of allylic oxidation sites excluding steroid dienone is 3. The first-order valence-corrected chi connectivity index (χ1v) is 10.7. The summed E-state index contributed by atoms with van der Waals surface area (Å²) >= 11 is 0. The molecular formula is C24H24IP. The van der Waals surface area contributed by atoms with Crippen LogP contribution in [0.15, 0.2) is 116 Å². The molecule has 0 bridgehead atoms. The second-order valence-electron chi connectivity index (χ2n) is 5.99. The molecule has 0 atom stereocenters. The Morgan fingerprint density at radius 2 is 1.04 bits per heavy atom. The van der Waals surface area contributed by atoms with E-state index in [1.807, 2.05) is 6.08 Å². The van der Waals surface area contributed by atoms with E-state index >= 15 is 0 Å². The number of hydrogen-bond donors (Lipinski definition) is 0. The van der Waals surface area contributed by atoms with E-state index in [1.165, 1.54) is 15.9 Å². The fraction of sp³-hybridized carbons (Fsp3) is 0.0833. The number of halogens is 1. The first-order valence-electron chi connectivity index (χ1n) is 8.70. The highest BCUT2D eigenvalue weighted by Crippen LogP contribution is 2.55. The molecule has 0 heterocycles. The van der Waals surface area contributed by atoms with E-state index in [4.69, 9.17) is 0 Å². The van der Waals surface area contributed by atoms with Crippen LogP contribution in [0.2, 0.25) is 0 Å². The minimum absolute atomic E-state index is 0. The summed E-state index contributed by atoms with van der Waals surface area (Å²) in [6, 6.07) is 33.1. The fourth-order valence-electron chi connectivity index (χ4n) is 3.34. The lowest BCUT2D eigenvalue weighted by atomic mass is 10.3. The topological polar surface area (TPSA) is 0 Å². The van der Waals surface area contributed by atoms with Crippen molar-refractivity contribution in [3.05, 3.63) is 116 Å². The van der Waals surface area contributed by atoms with Gasteiger partial charge in [-0.3, -0.25) is 0 Å². The van der Waals surface area contributed by atoms with Gasteiger partial charge in [-0.1, -0.05) is 79.4 Å². The molecule has 0 saturated carbocycles. The van der Waals surface area contributed by atoms with Crippen LogP contribution < -0.4 is 39.9 Å². The zero-order chi connectivity index (χ0) is 17.4. The molecule has 0 amide bonds. The van der Waals surface area contributed by atoms with Crippen LogP contribution in [0.25, 0.3) is 0 Å². The third kappa shape index (κ3) is 4.52. The minimum Gasteiger partial charge on any atom is -1.00 e. The predicted molar refractivity (Wildman–Crippen MR) is 114 cm³/mol. The Balaban J connectivity index is 0.00000243. The first kappa shape index (κ1) is 20.6. The second-order valence-corrected chi connectivity index (χ2v) is 9.61. The van der Waals surface area contributed by atoms with Gasteiger partial charge in [-0.15, -0.1) is 0 Å². The maximum absolute atomic E-state index is 3.79. The van der Waals surface area contributed by atoms with E-state index in [-0.39, 0.29) is 24.0 Å². The Hall–Kier alpha value is -1.70. The third-order valence-electron chi connectivity index (χ3n) is 4.49. The number of hydrogen-bond acceptors (Lipinski definition) is 0. The van der Waals surface area contributed by atoms with Gasteiger partial charge in [0.25, 0.3) is 0 Å². The highest BCUT2D eigenvalue weighted by Gasteiger charge is 2.44. The van der Waals surface area contributed by atoms with Gasteiger partial charge in [0.05, 0.1) is 6.16 Å². The summed E-state index contributed by atoms with van der Waals surface area (Å²) in [6.07, 6.45) is 8.30. The van der Waals surface area contributed by atoms with Crippen molar-refractivity contribution >= 4 is 23.2 Å². The summed E-state index contributed by atoms with van der Waals surface area (Å²) in [5, 5.41) is 4.33. The van der Waals surface area contributed by atoms with Crippen LogP contribution in [-0.4, -0.2) is 6.16 Å². The van der Waals surface area contributed by atoms with E-state index in [1.54, 1.807) is 0 Å². The van der Waals surface area contributed by atoms with Gasteiger partial charge in [-0.05, 0) is 36.4 Å². The van der Waals surface area contributed by atoms with Gasteiger partial charge in [-0.2, -0.15) is 0 Å². The summed E-state index contributed by atoms with van der Waals surface area (Å²) in [7, 11) is -1.68. The van der Waals surface area contributed by atoms with Gasteiger partial charge >= 0.3 is 0 Å². The largest absolute Gasteiger partial charge is 1.00 e. The summed E-state index contributed by atoms with van der Waals surface area (Å²) in [5.74, 6) is 0. The van der Waals surface area contributed by atoms with Crippen LogP contribution in [0.1, 0.15) is 6.42 Å².